The molecule has 1 aliphatic rings. The summed E-state index contributed by atoms with van der Waals surface area (Å²) < 4.78 is 11.3. The highest BCUT2D eigenvalue weighted by Crippen LogP contribution is 2.35. The summed E-state index contributed by atoms with van der Waals surface area (Å²) in [6.45, 7) is 0. The summed E-state index contributed by atoms with van der Waals surface area (Å²) in [4.78, 5) is 14.6. The van der Waals surface area contributed by atoms with E-state index in [1.807, 2.05) is 36.4 Å². The van der Waals surface area contributed by atoms with E-state index >= 15 is 0 Å². The van der Waals surface area contributed by atoms with E-state index in [0.717, 1.165) is 47.6 Å². The monoisotopic (exact) mass is 350 g/mol. The van der Waals surface area contributed by atoms with Crippen LogP contribution in [0, 0.1) is 0 Å². The molecule has 26 heavy (non-hydrogen) atoms. The minimum Gasteiger partial charge on any atom is -0.496 e. The van der Waals surface area contributed by atoms with Gasteiger partial charge in [0, 0.05) is 23.4 Å². The van der Waals surface area contributed by atoms with Crippen LogP contribution >= 0.6 is 0 Å². The van der Waals surface area contributed by atoms with Crippen LogP contribution in [0.25, 0.3) is 0 Å². The van der Waals surface area contributed by atoms with E-state index < -0.39 is 0 Å². The number of nitrogens with one attached hydrogen (secondary N) is 2. The van der Waals surface area contributed by atoms with Crippen molar-refractivity contribution in [1.82, 2.24) is 10.3 Å². The number of aromatic nitrogens is 1. The molecule has 0 amide bonds. The molecule has 0 aliphatic heterocycles. The Bertz CT molecular complexity index is 930. The molecule has 134 valence electrons. The number of hydrogen-bond acceptors (Lipinski definition) is 4. The average molecular weight is 350 g/mol. The number of aromatic amines is 1. The number of hydrogen-bond donors (Lipinski definition) is 2. The van der Waals surface area contributed by atoms with Crippen LogP contribution < -0.4 is 15.6 Å². The van der Waals surface area contributed by atoms with Crippen LogP contribution in [-0.2, 0) is 6.42 Å². The zero-order valence-electron chi connectivity index (χ0n) is 14.7. The lowest BCUT2D eigenvalue weighted by atomic mass is 9.89. The van der Waals surface area contributed by atoms with E-state index in [9.17, 15) is 4.79 Å². The standard InChI is InChI=1S/C21H22N2O3/c1-25-18-9-3-2-6-15(18)21(19-10-5-13-26-19)23-17-8-4-7-16-14(17)11-12-20(24)22-16/h2-3,5-6,9-13,17,21,23H,4,7-8H2,1H3,(H,22,24)/t17-,21-/m0/s1. The molecule has 0 radical (unpaired) electrons. The molecule has 5 heteroatoms. The first kappa shape index (κ1) is 16.7. The maximum atomic E-state index is 11.7. The summed E-state index contributed by atoms with van der Waals surface area (Å²) in [7, 11) is 1.68. The number of fused-ring (bicyclic) bond motifs is 1. The molecule has 5 nitrogen and oxygen atoms in total. The number of aryl methyl sites for hydroxylation is 1. The van der Waals surface area contributed by atoms with Crippen molar-refractivity contribution in [3.63, 3.8) is 0 Å². The van der Waals surface area contributed by atoms with E-state index in [1.54, 1.807) is 19.4 Å². The summed E-state index contributed by atoms with van der Waals surface area (Å²) in [5.74, 6) is 1.66. The molecule has 0 bridgehead atoms. The Morgan fingerprint density at radius 2 is 2.08 bits per heavy atom. The van der Waals surface area contributed by atoms with Gasteiger partial charge >= 0.3 is 0 Å². The molecule has 0 saturated carbocycles. The minimum absolute atomic E-state index is 0.0447. The predicted molar refractivity (Wildman–Crippen MR) is 99.4 cm³/mol. The Kier molecular flexibility index (Phi) is 4.63. The summed E-state index contributed by atoms with van der Waals surface area (Å²) >= 11 is 0. The number of methoxy groups -OCH3 is 1. The third-order valence-electron chi connectivity index (χ3n) is 4.98. The van der Waals surface area contributed by atoms with Crippen LogP contribution in [0.4, 0.5) is 0 Å². The van der Waals surface area contributed by atoms with E-state index in [-0.39, 0.29) is 17.6 Å². The maximum Gasteiger partial charge on any atom is 0.248 e. The molecule has 3 aromatic rings. The Morgan fingerprint density at radius 1 is 1.19 bits per heavy atom. The summed E-state index contributed by atoms with van der Waals surface area (Å²) in [6.07, 6.45) is 4.63. The second kappa shape index (κ2) is 7.22. The highest BCUT2D eigenvalue weighted by Gasteiger charge is 2.27. The molecule has 4 rings (SSSR count). The van der Waals surface area contributed by atoms with Gasteiger partial charge in [-0.05, 0) is 43.0 Å². The Labute approximate surface area is 152 Å². The van der Waals surface area contributed by atoms with Gasteiger partial charge in [-0.2, -0.15) is 0 Å². The highest BCUT2D eigenvalue weighted by atomic mass is 16.5. The van der Waals surface area contributed by atoms with Crippen molar-refractivity contribution in [3.05, 3.63) is 87.7 Å². The van der Waals surface area contributed by atoms with E-state index in [0.29, 0.717) is 0 Å². The van der Waals surface area contributed by atoms with Gasteiger partial charge in [0.2, 0.25) is 5.56 Å². The largest absolute Gasteiger partial charge is 0.496 e. The fourth-order valence-corrected chi connectivity index (χ4v) is 3.76. The fourth-order valence-electron chi connectivity index (χ4n) is 3.76. The second-order valence-electron chi connectivity index (χ2n) is 6.56. The van der Waals surface area contributed by atoms with Gasteiger partial charge in [-0.3, -0.25) is 10.1 Å². The number of para-hydroxylation sites is 1. The minimum atomic E-state index is -0.135. The first-order valence-corrected chi connectivity index (χ1v) is 8.90. The summed E-state index contributed by atoms with van der Waals surface area (Å²) in [5.41, 5.74) is 3.17. The molecule has 2 heterocycles. The molecule has 0 fully saturated rings. The van der Waals surface area contributed by atoms with Crippen LogP contribution in [0.1, 0.15) is 47.5 Å². The number of pyridine rings is 1. The quantitative estimate of drug-likeness (QED) is 0.736. The first-order valence-electron chi connectivity index (χ1n) is 8.90. The lowest BCUT2D eigenvalue weighted by Gasteiger charge is -2.30. The molecule has 0 spiro atoms. The number of H-pyrrole nitrogens is 1. The Balaban J connectivity index is 1.72. The van der Waals surface area contributed by atoms with Crippen LogP contribution in [-0.4, -0.2) is 12.1 Å². The van der Waals surface area contributed by atoms with Crippen molar-refractivity contribution in [3.8, 4) is 5.75 Å². The number of rotatable bonds is 5. The molecule has 0 unspecified atom stereocenters. The molecule has 1 aromatic carbocycles. The molecule has 0 saturated heterocycles. The SMILES string of the molecule is COc1ccccc1[C@H](N[C@H]1CCCc2[nH]c(=O)ccc21)c1ccco1. The summed E-state index contributed by atoms with van der Waals surface area (Å²) in [5, 5.41) is 3.73. The normalized spacial score (nSPS) is 17.5. The van der Waals surface area contributed by atoms with Crippen molar-refractivity contribution >= 4 is 0 Å². The van der Waals surface area contributed by atoms with Crippen LogP contribution in [0.3, 0.4) is 0 Å². The van der Waals surface area contributed by atoms with Crippen molar-refractivity contribution in [1.29, 1.82) is 0 Å². The molecule has 1 aliphatic carbocycles. The van der Waals surface area contributed by atoms with Gasteiger partial charge in [0.25, 0.3) is 0 Å². The topological polar surface area (TPSA) is 67.3 Å². The molecule has 2 atom stereocenters. The highest BCUT2D eigenvalue weighted by molar-refractivity contribution is 5.40. The van der Waals surface area contributed by atoms with Crippen molar-refractivity contribution in [2.24, 2.45) is 0 Å². The van der Waals surface area contributed by atoms with Gasteiger partial charge in [0.1, 0.15) is 11.5 Å². The molecule has 2 N–H and O–H groups in total. The van der Waals surface area contributed by atoms with E-state index in [2.05, 4.69) is 16.4 Å². The zero-order chi connectivity index (χ0) is 17.9. The first-order chi connectivity index (χ1) is 12.8. The van der Waals surface area contributed by atoms with Crippen molar-refractivity contribution in [2.75, 3.05) is 7.11 Å². The van der Waals surface area contributed by atoms with Gasteiger partial charge in [-0.25, -0.2) is 0 Å². The molecular weight excluding hydrogens is 328 g/mol. The van der Waals surface area contributed by atoms with Gasteiger partial charge in [0.15, 0.2) is 0 Å². The van der Waals surface area contributed by atoms with Crippen molar-refractivity contribution < 1.29 is 9.15 Å². The lowest BCUT2D eigenvalue weighted by molar-refractivity contribution is 0.361. The van der Waals surface area contributed by atoms with Gasteiger partial charge < -0.3 is 14.1 Å². The third-order valence-corrected chi connectivity index (χ3v) is 4.98. The zero-order valence-corrected chi connectivity index (χ0v) is 14.7. The second-order valence-corrected chi connectivity index (χ2v) is 6.56. The Morgan fingerprint density at radius 3 is 2.88 bits per heavy atom. The average Bonchev–Trinajstić information content (AvgIpc) is 3.20. The number of furan rings is 1. The van der Waals surface area contributed by atoms with Crippen LogP contribution in [0.2, 0.25) is 0 Å². The third kappa shape index (κ3) is 3.18. The summed E-state index contributed by atoms with van der Waals surface area (Å²) in [6, 6.07) is 15.4. The lowest BCUT2D eigenvalue weighted by Crippen LogP contribution is -2.31. The number of benzene rings is 1. The van der Waals surface area contributed by atoms with E-state index in [4.69, 9.17) is 9.15 Å². The fraction of sp³-hybridized carbons (Fsp3) is 0.286. The predicted octanol–water partition coefficient (Wildman–Crippen LogP) is 3.73. The van der Waals surface area contributed by atoms with Crippen LogP contribution in [0.15, 0.2) is 64.0 Å². The molecule has 2 aromatic heterocycles. The van der Waals surface area contributed by atoms with Crippen molar-refractivity contribution in [2.45, 2.75) is 31.3 Å². The van der Waals surface area contributed by atoms with Gasteiger partial charge in [-0.15, -0.1) is 0 Å². The maximum absolute atomic E-state index is 11.7. The molecular formula is C21H22N2O3. The van der Waals surface area contributed by atoms with Gasteiger partial charge in [-0.1, -0.05) is 24.3 Å². The van der Waals surface area contributed by atoms with Crippen LogP contribution in [0.5, 0.6) is 5.75 Å². The Hall–Kier alpha value is -2.79. The van der Waals surface area contributed by atoms with Gasteiger partial charge in [0.05, 0.1) is 19.4 Å². The number of ether oxygens (including phenoxy) is 1. The smallest absolute Gasteiger partial charge is 0.248 e. The van der Waals surface area contributed by atoms with E-state index in [1.165, 1.54) is 0 Å².